The maximum Gasteiger partial charge on any atom is 0.267 e. The summed E-state index contributed by atoms with van der Waals surface area (Å²) in [6, 6.07) is 0. The lowest BCUT2D eigenvalue weighted by Gasteiger charge is -2.24. The Bertz CT molecular complexity index is 509. The van der Waals surface area contributed by atoms with Gasteiger partial charge in [-0.15, -0.1) is 11.3 Å². The molecule has 2 rings (SSSR count). The van der Waals surface area contributed by atoms with Gasteiger partial charge in [-0.1, -0.05) is 0 Å². The molecule has 0 aromatic carbocycles. The van der Waals surface area contributed by atoms with Gasteiger partial charge in [0.15, 0.2) is 17.6 Å². The minimum atomic E-state index is -3.98. The van der Waals surface area contributed by atoms with E-state index in [1.54, 1.807) is 0 Å². The van der Waals surface area contributed by atoms with E-state index in [0.717, 1.165) is 11.5 Å². The first kappa shape index (κ1) is 14.6. The molecule has 108 valence electrons. The van der Waals surface area contributed by atoms with Crippen LogP contribution in [0.5, 0.6) is 11.5 Å². The Balaban J connectivity index is 1.68. The van der Waals surface area contributed by atoms with E-state index >= 15 is 0 Å². The zero-order valence-corrected chi connectivity index (χ0v) is 12.1. The number of ether oxygens (including phenoxy) is 3. The number of rotatable bonds is 6. The maximum absolute atomic E-state index is 10.8. The smallest absolute Gasteiger partial charge is 0.267 e. The zero-order valence-electron chi connectivity index (χ0n) is 10.4. The van der Waals surface area contributed by atoms with Crippen molar-refractivity contribution in [3.63, 3.8) is 0 Å². The first-order chi connectivity index (χ1) is 8.97. The predicted molar refractivity (Wildman–Crippen MR) is 70.7 cm³/mol. The molecule has 0 saturated heterocycles. The van der Waals surface area contributed by atoms with E-state index in [-0.39, 0.29) is 19.1 Å². The summed E-state index contributed by atoms with van der Waals surface area (Å²) in [5.74, 6) is 1.47. The maximum atomic E-state index is 10.8. The molecule has 1 aliphatic heterocycles. The zero-order chi connectivity index (χ0) is 13.9. The van der Waals surface area contributed by atoms with Crippen molar-refractivity contribution in [2.45, 2.75) is 24.7 Å². The van der Waals surface area contributed by atoms with Crippen molar-refractivity contribution in [1.29, 1.82) is 0 Å². The molecule has 2 heterocycles. The van der Waals surface area contributed by atoms with Crippen molar-refractivity contribution in [3.8, 4) is 11.5 Å². The normalized spacial score (nSPS) is 20.2. The van der Waals surface area contributed by atoms with Gasteiger partial charge in [0.2, 0.25) is 0 Å². The molecule has 8 heteroatoms. The van der Waals surface area contributed by atoms with Gasteiger partial charge >= 0.3 is 0 Å². The fourth-order valence-electron chi connectivity index (χ4n) is 1.56. The van der Waals surface area contributed by atoms with Crippen LogP contribution in [-0.2, 0) is 14.9 Å². The first-order valence-corrected chi connectivity index (χ1v) is 8.31. The molecule has 2 unspecified atom stereocenters. The third-order valence-electron chi connectivity index (χ3n) is 2.79. The van der Waals surface area contributed by atoms with Crippen LogP contribution in [0.15, 0.2) is 10.8 Å². The van der Waals surface area contributed by atoms with Crippen molar-refractivity contribution in [2.75, 3.05) is 19.8 Å². The largest absolute Gasteiger partial charge is 0.485 e. The number of thiophene rings is 1. The Kier molecular flexibility index (Phi) is 4.67. The van der Waals surface area contributed by atoms with E-state index in [4.69, 9.17) is 18.8 Å². The predicted octanol–water partition coefficient (Wildman–Crippen LogP) is 1.57. The van der Waals surface area contributed by atoms with Crippen molar-refractivity contribution in [1.82, 2.24) is 0 Å². The van der Waals surface area contributed by atoms with Crippen LogP contribution in [0.4, 0.5) is 0 Å². The topological polar surface area (TPSA) is 82.1 Å². The summed E-state index contributed by atoms with van der Waals surface area (Å²) in [6.07, 6.45) is 0.0546. The molecule has 0 aliphatic carbocycles. The molecule has 1 N–H and O–H groups in total. The van der Waals surface area contributed by atoms with Crippen LogP contribution in [0.1, 0.15) is 13.3 Å². The highest BCUT2D eigenvalue weighted by Crippen LogP contribution is 2.35. The lowest BCUT2D eigenvalue weighted by molar-refractivity contribution is 0.00880. The summed E-state index contributed by atoms with van der Waals surface area (Å²) in [7, 11) is -3.98. The van der Waals surface area contributed by atoms with Crippen LogP contribution in [0.25, 0.3) is 0 Å². The molecule has 0 spiro atoms. The van der Waals surface area contributed by atoms with Crippen molar-refractivity contribution in [2.24, 2.45) is 0 Å². The van der Waals surface area contributed by atoms with Gasteiger partial charge in [-0.2, -0.15) is 8.42 Å². The quantitative estimate of drug-likeness (QED) is 0.634. The highest BCUT2D eigenvalue weighted by Gasteiger charge is 2.22. The van der Waals surface area contributed by atoms with Crippen LogP contribution in [0.3, 0.4) is 0 Å². The molecule has 0 fully saturated rings. The van der Waals surface area contributed by atoms with Gasteiger partial charge in [0.05, 0.1) is 11.9 Å². The monoisotopic (exact) mass is 308 g/mol. The Morgan fingerprint density at radius 2 is 2.26 bits per heavy atom. The van der Waals surface area contributed by atoms with E-state index in [0.29, 0.717) is 13.2 Å². The van der Waals surface area contributed by atoms with Gasteiger partial charge < -0.3 is 14.2 Å². The molecule has 0 radical (unpaired) electrons. The molecule has 1 aromatic rings. The highest BCUT2D eigenvalue weighted by molar-refractivity contribution is 7.86. The Morgan fingerprint density at radius 1 is 1.53 bits per heavy atom. The highest BCUT2D eigenvalue weighted by atomic mass is 32.2. The van der Waals surface area contributed by atoms with E-state index < -0.39 is 15.4 Å². The lowest BCUT2D eigenvalue weighted by Crippen LogP contribution is -2.33. The van der Waals surface area contributed by atoms with Gasteiger partial charge in [-0.05, 0) is 13.3 Å². The summed E-state index contributed by atoms with van der Waals surface area (Å²) in [5, 5.41) is 2.92. The summed E-state index contributed by atoms with van der Waals surface area (Å²) in [4.78, 5) is 0. The van der Waals surface area contributed by atoms with Crippen molar-refractivity contribution in [3.05, 3.63) is 10.8 Å². The number of hydrogen-bond donors (Lipinski definition) is 1. The molecule has 1 aliphatic rings. The van der Waals surface area contributed by atoms with Gasteiger partial charge in [-0.3, -0.25) is 4.55 Å². The second-order valence-electron chi connectivity index (χ2n) is 4.34. The molecule has 0 bridgehead atoms. The average Bonchev–Trinajstić information content (AvgIpc) is 2.80. The van der Waals surface area contributed by atoms with Crippen molar-refractivity contribution < 1.29 is 27.2 Å². The Hall–Kier alpha value is -0.830. The third kappa shape index (κ3) is 4.07. The van der Waals surface area contributed by atoms with Crippen LogP contribution in [-0.4, -0.2) is 44.1 Å². The number of fused-ring (bicyclic) bond motifs is 1. The van der Waals surface area contributed by atoms with E-state index in [1.807, 2.05) is 10.8 Å². The van der Waals surface area contributed by atoms with E-state index in [2.05, 4.69) is 0 Å². The lowest BCUT2D eigenvalue weighted by atomic mass is 10.3. The Labute approximate surface area is 116 Å². The van der Waals surface area contributed by atoms with E-state index in [9.17, 15) is 8.42 Å². The Morgan fingerprint density at radius 3 is 3.00 bits per heavy atom. The second kappa shape index (κ2) is 6.08. The fourth-order valence-corrected chi connectivity index (χ4v) is 2.62. The summed E-state index contributed by atoms with van der Waals surface area (Å²) in [6.45, 7) is 2.43. The van der Waals surface area contributed by atoms with Gasteiger partial charge in [0.1, 0.15) is 6.61 Å². The average molecular weight is 308 g/mol. The van der Waals surface area contributed by atoms with Crippen LogP contribution in [0.2, 0.25) is 0 Å². The minimum absolute atomic E-state index is 0.192. The SMILES string of the molecule is CC(CCOCC1COc2cscc2O1)S(=O)(=O)O. The molecule has 1 aromatic heterocycles. The molecular formula is C11H16O6S2. The molecule has 2 atom stereocenters. The van der Waals surface area contributed by atoms with Crippen molar-refractivity contribution >= 4 is 21.5 Å². The van der Waals surface area contributed by atoms with Crippen LogP contribution < -0.4 is 9.47 Å². The van der Waals surface area contributed by atoms with Gasteiger partial charge in [0.25, 0.3) is 10.1 Å². The first-order valence-electron chi connectivity index (χ1n) is 5.86. The molecule has 6 nitrogen and oxygen atoms in total. The second-order valence-corrected chi connectivity index (χ2v) is 6.92. The molecule has 0 amide bonds. The number of hydrogen-bond acceptors (Lipinski definition) is 6. The van der Waals surface area contributed by atoms with Gasteiger partial charge in [-0.25, -0.2) is 0 Å². The standard InChI is InChI=1S/C11H16O6S2/c1-8(19(12,13)14)2-3-15-4-9-5-16-10-6-18-7-11(10)17-9/h6-9H,2-5H2,1H3,(H,12,13,14). The molecule has 0 saturated carbocycles. The molecule has 19 heavy (non-hydrogen) atoms. The molecular weight excluding hydrogens is 292 g/mol. The van der Waals surface area contributed by atoms with Crippen LogP contribution >= 0.6 is 11.3 Å². The fraction of sp³-hybridized carbons (Fsp3) is 0.636. The third-order valence-corrected chi connectivity index (χ3v) is 4.75. The summed E-state index contributed by atoms with van der Waals surface area (Å²) < 4.78 is 46.8. The van der Waals surface area contributed by atoms with Gasteiger partial charge in [0, 0.05) is 17.4 Å². The minimum Gasteiger partial charge on any atom is -0.485 e. The summed E-state index contributed by atoms with van der Waals surface area (Å²) >= 11 is 1.51. The summed E-state index contributed by atoms with van der Waals surface area (Å²) in [5.41, 5.74) is 0. The van der Waals surface area contributed by atoms with Crippen LogP contribution in [0, 0.1) is 0 Å². The van der Waals surface area contributed by atoms with E-state index in [1.165, 1.54) is 18.3 Å².